The van der Waals surface area contributed by atoms with E-state index in [4.69, 9.17) is 15.0 Å². The van der Waals surface area contributed by atoms with Crippen LogP contribution in [0.15, 0.2) is 212 Å². The summed E-state index contributed by atoms with van der Waals surface area (Å²) in [6.45, 7) is 0. The number of thiophene rings is 1. The lowest BCUT2D eigenvalue weighted by Crippen LogP contribution is -2.04. The van der Waals surface area contributed by atoms with Gasteiger partial charge < -0.3 is 9.13 Å². The molecule has 4 heterocycles. The maximum atomic E-state index is 5.55. The van der Waals surface area contributed by atoms with Crippen LogP contribution < -0.4 is 0 Å². The van der Waals surface area contributed by atoms with Crippen molar-refractivity contribution in [3.8, 4) is 45.5 Å². The topological polar surface area (TPSA) is 48.5 Å². The zero-order valence-electron chi connectivity index (χ0n) is 34.9. The van der Waals surface area contributed by atoms with Gasteiger partial charge in [-0.2, -0.15) is 0 Å². The summed E-state index contributed by atoms with van der Waals surface area (Å²) >= 11 is 1.83. The summed E-state index contributed by atoms with van der Waals surface area (Å²) in [5.41, 5.74) is 9.42. The van der Waals surface area contributed by atoms with E-state index < -0.39 is 0 Å². The molecular formula is C59H35N5S. The highest BCUT2D eigenvalue weighted by molar-refractivity contribution is 7.25. The Morgan fingerprint density at radius 1 is 0.308 bits per heavy atom. The molecule has 0 unspecified atom stereocenters. The van der Waals surface area contributed by atoms with Crippen molar-refractivity contribution in [3.05, 3.63) is 212 Å². The summed E-state index contributed by atoms with van der Waals surface area (Å²) in [5, 5.41) is 11.8. The van der Waals surface area contributed by atoms with Crippen LogP contribution in [-0.4, -0.2) is 24.1 Å². The lowest BCUT2D eigenvalue weighted by Gasteiger charge is -2.16. The Bertz CT molecular complexity index is 4250. The Morgan fingerprint density at radius 2 is 0.892 bits per heavy atom. The second-order valence-electron chi connectivity index (χ2n) is 16.8. The van der Waals surface area contributed by atoms with Crippen molar-refractivity contribution in [2.45, 2.75) is 0 Å². The van der Waals surface area contributed by atoms with Gasteiger partial charge in [-0.3, -0.25) is 0 Å². The summed E-state index contributed by atoms with van der Waals surface area (Å²) in [6.07, 6.45) is 0. The highest BCUT2D eigenvalue weighted by Gasteiger charge is 2.23. The molecule has 4 aromatic heterocycles. The highest BCUT2D eigenvalue weighted by Crippen LogP contribution is 2.44. The minimum absolute atomic E-state index is 0.610. The van der Waals surface area contributed by atoms with Crippen LogP contribution in [0.4, 0.5) is 0 Å². The molecule has 6 heteroatoms. The molecule has 0 radical (unpaired) electrons. The van der Waals surface area contributed by atoms with E-state index in [1.54, 1.807) is 0 Å². The maximum Gasteiger partial charge on any atom is 0.166 e. The molecule has 0 saturated heterocycles. The Hall–Kier alpha value is -8.45. The average molecular weight is 846 g/mol. The molecule has 10 aromatic carbocycles. The van der Waals surface area contributed by atoms with Crippen LogP contribution in [0.2, 0.25) is 0 Å². The lowest BCUT2D eigenvalue weighted by molar-refractivity contribution is 1.07. The Kier molecular flexibility index (Phi) is 7.79. The van der Waals surface area contributed by atoms with Crippen molar-refractivity contribution in [1.82, 2.24) is 24.1 Å². The quantitative estimate of drug-likeness (QED) is 0.173. The third kappa shape index (κ3) is 5.54. The van der Waals surface area contributed by atoms with Crippen molar-refractivity contribution < 1.29 is 0 Å². The number of benzene rings is 10. The van der Waals surface area contributed by atoms with E-state index in [-0.39, 0.29) is 0 Å². The summed E-state index contributed by atoms with van der Waals surface area (Å²) in [7, 11) is 0. The zero-order valence-corrected chi connectivity index (χ0v) is 35.7. The van der Waals surface area contributed by atoms with Gasteiger partial charge in [-0.1, -0.05) is 152 Å². The fourth-order valence-electron chi connectivity index (χ4n) is 10.2. The summed E-state index contributed by atoms with van der Waals surface area (Å²) in [6, 6.07) is 76.2. The van der Waals surface area contributed by atoms with Crippen molar-refractivity contribution in [2.75, 3.05) is 0 Å². The predicted octanol–water partition coefficient (Wildman–Crippen LogP) is 15.7. The fourth-order valence-corrected chi connectivity index (χ4v) is 11.3. The average Bonchev–Trinajstić information content (AvgIpc) is 4.02. The van der Waals surface area contributed by atoms with E-state index in [9.17, 15) is 0 Å². The molecule has 0 saturated carbocycles. The molecule has 14 aromatic rings. The molecule has 0 amide bonds. The molecule has 0 spiro atoms. The summed E-state index contributed by atoms with van der Waals surface area (Å²) in [5.74, 6) is 1.85. The number of nitrogens with zero attached hydrogens (tertiary/aromatic N) is 5. The van der Waals surface area contributed by atoms with Gasteiger partial charge in [0.15, 0.2) is 17.5 Å². The van der Waals surface area contributed by atoms with Gasteiger partial charge in [0.25, 0.3) is 0 Å². The van der Waals surface area contributed by atoms with Crippen LogP contribution in [0, 0.1) is 0 Å². The van der Waals surface area contributed by atoms with Crippen LogP contribution >= 0.6 is 11.3 Å². The van der Waals surface area contributed by atoms with E-state index in [0.29, 0.717) is 17.5 Å². The highest BCUT2D eigenvalue weighted by atomic mass is 32.1. The van der Waals surface area contributed by atoms with E-state index >= 15 is 0 Å². The smallest absolute Gasteiger partial charge is 0.166 e. The first-order valence-corrected chi connectivity index (χ1v) is 22.7. The Morgan fingerprint density at radius 3 is 1.71 bits per heavy atom. The first kappa shape index (κ1) is 36.1. The van der Waals surface area contributed by atoms with Crippen molar-refractivity contribution in [3.63, 3.8) is 0 Å². The van der Waals surface area contributed by atoms with Gasteiger partial charge in [0.05, 0.1) is 27.8 Å². The van der Waals surface area contributed by atoms with Crippen molar-refractivity contribution in [2.24, 2.45) is 0 Å². The molecular weight excluding hydrogens is 811 g/mol. The monoisotopic (exact) mass is 845 g/mol. The van der Waals surface area contributed by atoms with E-state index in [1.165, 1.54) is 52.5 Å². The predicted molar refractivity (Wildman–Crippen MR) is 273 cm³/mol. The van der Waals surface area contributed by atoms with Crippen molar-refractivity contribution >= 4 is 96.7 Å². The van der Waals surface area contributed by atoms with Gasteiger partial charge in [-0.15, -0.1) is 11.3 Å². The normalized spacial score (nSPS) is 12.0. The number of fused-ring (bicyclic) bond motifs is 11. The minimum atomic E-state index is 0.610. The van der Waals surface area contributed by atoms with Gasteiger partial charge in [-0.05, 0) is 82.2 Å². The van der Waals surface area contributed by atoms with Gasteiger partial charge in [0.1, 0.15) is 0 Å². The van der Waals surface area contributed by atoms with Gasteiger partial charge in [0.2, 0.25) is 0 Å². The Labute approximate surface area is 376 Å². The molecule has 5 nitrogen and oxygen atoms in total. The third-order valence-corrected chi connectivity index (χ3v) is 14.3. The number of hydrogen-bond acceptors (Lipinski definition) is 4. The second kappa shape index (κ2) is 14.0. The Balaban J connectivity index is 1.10. The first-order chi connectivity index (χ1) is 32.2. The molecule has 0 N–H and O–H groups in total. The van der Waals surface area contributed by atoms with E-state index in [2.05, 4.69) is 221 Å². The lowest BCUT2D eigenvalue weighted by atomic mass is 10.0. The molecule has 14 rings (SSSR count). The van der Waals surface area contributed by atoms with Crippen LogP contribution in [-0.2, 0) is 0 Å². The number of hydrogen-bond donors (Lipinski definition) is 0. The van der Waals surface area contributed by atoms with E-state index in [0.717, 1.165) is 60.9 Å². The standard InChI is InChI=1S/C59H35N5S/c1-2-19-40(20-3-1)63-50-26-11-8-22-42(50)44-30-29-39(33-52(44)63)57-60-58(46-25-14-18-36-15-6-7-21-41(36)46)62-59(61-57)49-34-48-45-24-10-13-28-55(45)65-56(48)35-54(49)64-51-27-12-9-23-43(51)47-31-37-16-4-5-17-38(37)32-53(47)64/h1-35H. The number of para-hydroxylation sites is 3. The molecule has 0 aliphatic heterocycles. The SMILES string of the molecule is c1ccc(-n2c3ccccc3c3ccc(-c4nc(-c5cc6c(cc5-n5c7ccccc7c7cc8ccccc8cc75)sc5ccccc56)nc(-c5cccc6ccccc56)n4)cc32)cc1. The molecule has 0 atom stereocenters. The van der Waals surface area contributed by atoms with Gasteiger partial charge >= 0.3 is 0 Å². The summed E-state index contributed by atoms with van der Waals surface area (Å²) in [4.78, 5) is 16.5. The minimum Gasteiger partial charge on any atom is -0.309 e. The molecule has 302 valence electrons. The molecule has 0 fully saturated rings. The van der Waals surface area contributed by atoms with E-state index in [1.807, 2.05) is 11.3 Å². The van der Waals surface area contributed by atoms with Crippen LogP contribution in [0.3, 0.4) is 0 Å². The molecule has 0 aliphatic rings. The van der Waals surface area contributed by atoms with Gasteiger partial charge in [-0.25, -0.2) is 15.0 Å². The van der Waals surface area contributed by atoms with Crippen LogP contribution in [0.25, 0.3) is 131 Å². The largest absolute Gasteiger partial charge is 0.309 e. The number of rotatable bonds is 5. The van der Waals surface area contributed by atoms with Crippen LogP contribution in [0.5, 0.6) is 0 Å². The van der Waals surface area contributed by atoms with Crippen molar-refractivity contribution in [1.29, 1.82) is 0 Å². The fraction of sp³-hybridized carbons (Fsp3) is 0. The first-order valence-electron chi connectivity index (χ1n) is 21.9. The van der Waals surface area contributed by atoms with Gasteiger partial charge in [0, 0.05) is 64.1 Å². The molecule has 0 aliphatic carbocycles. The second-order valence-corrected chi connectivity index (χ2v) is 17.9. The van der Waals surface area contributed by atoms with Crippen LogP contribution in [0.1, 0.15) is 0 Å². The number of aromatic nitrogens is 5. The summed E-state index contributed by atoms with van der Waals surface area (Å²) < 4.78 is 7.23. The zero-order chi connectivity index (χ0) is 42.6. The molecule has 0 bridgehead atoms. The third-order valence-electron chi connectivity index (χ3n) is 13.1. The maximum absolute atomic E-state index is 5.55. The molecule has 65 heavy (non-hydrogen) atoms.